The summed E-state index contributed by atoms with van der Waals surface area (Å²) in [5.41, 5.74) is 2.10. The molecule has 128 valence electrons. The number of carbonyl (C=O) groups excluding carboxylic acids is 1. The molecule has 4 rings (SSSR count). The molecule has 4 aromatic heterocycles. The molecule has 0 unspecified atom stereocenters. The van der Waals surface area contributed by atoms with Crippen LogP contribution in [0.5, 0.6) is 0 Å². The number of aryl methyl sites for hydroxylation is 1. The van der Waals surface area contributed by atoms with E-state index in [0.29, 0.717) is 11.4 Å². The highest BCUT2D eigenvalue weighted by molar-refractivity contribution is 6.00. The summed E-state index contributed by atoms with van der Waals surface area (Å²) in [7, 11) is 0. The summed E-state index contributed by atoms with van der Waals surface area (Å²) in [4.78, 5) is 28.9. The van der Waals surface area contributed by atoms with E-state index in [1.807, 2.05) is 19.1 Å². The van der Waals surface area contributed by atoms with E-state index in [1.54, 1.807) is 12.3 Å². The minimum atomic E-state index is -0.617. The summed E-state index contributed by atoms with van der Waals surface area (Å²) in [6.45, 7) is 1.91. The van der Waals surface area contributed by atoms with Gasteiger partial charge in [0.2, 0.25) is 5.82 Å². The number of amides is 1. The number of nitrogens with one attached hydrogen (secondary N) is 1. The fourth-order valence-electron chi connectivity index (χ4n) is 2.21. The molecular formula is C15H11N9O2. The molecule has 0 aliphatic heterocycles. The van der Waals surface area contributed by atoms with E-state index in [0.717, 1.165) is 10.2 Å². The molecule has 0 fully saturated rings. The van der Waals surface area contributed by atoms with Crippen molar-refractivity contribution >= 4 is 11.9 Å². The van der Waals surface area contributed by atoms with E-state index in [-0.39, 0.29) is 17.8 Å². The van der Waals surface area contributed by atoms with Gasteiger partial charge in [0.25, 0.3) is 11.9 Å². The summed E-state index contributed by atoms with van der Waals surface area (Å²) in [5, 5.41) is 13.4. The second kappa shape index (κ2) is 6.47. The minimum absolute atomic E-state index is 0.00131. The number of pyridine rings is 1. The van der Waals surface area contributed by atoms with Gasteiger partial charge in [-0.1, -0.05) is 6.07 Å². The quantitative estimate of drug-likeness (QED) is 0.573. The van der Waals surface area contributed by atoms with Gasteiger partial charge in [0, 0.05) is 18.6 Å². The molecule has 0 radical (unpaired) electrons. The van der Waals surface area contributed by atoms with E-state index >= 15 is 0 Å². The van der Waals surface area contributed by atoms with E-state index < -0.39 is 5.91 Å². The van der Waals surface area contributed by atoms with Crippen molar-refractivity contribution in [2.75, 3.05) is 5.32 Å². The Kier molecular flexibility index (Phi) is 3.86. The number of hydrogen-bond donors (Lipinski definition) is 1. The third kappa shape index (κ3) is 2.88. The van der Waals surface area contributed by atoms with Crippen molar-refractivity contribution in [3.05, 3.63) is 54.4 Å². The molecule has 0 aromatic carbocycles. The highest BCUT2D eigenvalue weighted by atomic mass is 16.4. The summed E-state index contributed by atoms with van der Waals surface area (Å²) < 4.78 is 6.41. The van der Waals surface area contributed by atoms with Gasteiger partial charge in [-0.3, -0.25) is 15.1 Å². The van der Waals surface area contributed by atoms with Gasteiger partial charge >= 0.3 is 6.01 Å². The molecule has 26 heavy (non-hydrogen) atoms. The molecule has 0 saturated heterocycles. The molecule has 0 aliphatic carbocycles. The molecule has 11 heteroatoms. The van der Waals surface area contributed by atoms with Gasteiger partial charge in [-0.2, -0.15) is 9.67 Å². The highest BCUT2D eigenvalue weighted by Crippen LogP contribution is 2.21. The number of nitrogens with zero attached hydrogens (tertiary/aromatic N) is 8. The van der Waals surface area contributed by atoms with E-state index in [2.05, 4.69) is 40.8 Å². The monoisotopic (exact) mass is 349 g/mol. The van der Waals surface area contributed by atoms with Crippen molar-refractivity contribution in [3.8, 4) is 17.3 Å². The Morgan fingerprint density at radius 2 is 1.96 bits per heavy atom. The molecule has 11 nitrogen and oxygen atoms in total. The maximum Gasteiger partial charge on any atom is 0.302 e. The number of hydrogen-bond acceptors (Lipinski definition) is 9. The Balaban J connectivity index is 1.57. The second-order valence-corrected chi connectivity index (χ2v) is 5.12. The van der Waals surface area contributed by atoms with Crippen LogP contribution in [-0.4, -0.2) is 46.1 Å². The molecule has 4 heterocycles. The van der Waals surface area contributed by atoms with Crippen LogP contribution >= 0.6 is 0 Å². The maximum absolute atomic E-state index is 12.4. The number of aromatic nitrogens is 8. The van der Waals surface area contributed by atoms with Gasteiger partial charge in [-0.05, 0) is 35.0 Å². The first-order valence-corrected chi connectivity index (χ1v) is 7.47. The predicted molar refractivity (Wildman–Crippen MR) is 87.2 cm³/mol. The Morgan fingerprint density at radius 1 is 1.15 bits per heavy atom. The minimum Gasteiger partial charge on any atom is -0.431 e. The molecule has 1 N–H and O–H groups in total. The molecule has 4 aromatic rings. The standard InChI is InChI=1S/C15H11N9O2/c1-9-4-2-5-16-11(9)10-8-26-15(19-10)20-13(25)12-21-22-23-24(12)14-17-6-3-7-18-14/h2-8H,1H3,(H,19,20,25). The SMILES string of the molecule is Cc1cccnc1-c1coc(NC(=O)c2nnnn2-c2ncccn2)n1. The van der Waals surface area contributed by atoms with Gasteiger partial charge in [-0.25, -0.2) is 9.97 Å². The van der Waals surface area contributed by atoms with Crippen molar-refractivity contribution in [2.45, 2.75) is 6.92 Å². The Labute approximate surface area is 146 Å². The van der Waals surface area contributed by atoms with E-state index in [4.69, 9.17) is 4.42 Å². The maximum atomic E-state index is 12.4. The Morgan fingerprint density at radius 3 is 2.77 bits per heavy atom. The Bertz CT molecular complexity index is 1060. The van der Waals surface area contributed by atoms with Crippen LogP contribution in [0.15, 0.2) is 47.5 Å². The zero-order valence-corrected chi connectivity index (χ0v) is 13.4. The van der Waals surface area contributed by atoms with Crippen LogP contribution in [0.25, 0.3) is 17.3 Å². The highest BCUT2D eigenvalue weighted by Gasteiger charge is 2.20. The fourth-order valence-corrected chi connectivity index (χ4v) is 2.21. The lowest BCUT2D eigenvalue weighted by molar-refractivity contribution is 0.101. The van der Waals surface area contributed by atoms with Crippen LogP contribution in [0.3, 0.4) is 0 Å². The van der Waals surface area contributed by atoms with Crippen molar-refractivity contribution in [1.29, 1.82) is 0 Å². The largest absolute Gasteiger partial charge is 0.431 e. The van der Waals surface area contributed by atoms with Crippen LogP contribution < -0.4 is 5.32 Å². The fraction of sp³-hybridized carbons (Fsp3) is 0.0667. The number of carbonyl (C=O) groups is 1. The number of tetrazole rings is 1. The second-order valence-electron chi connectivity index (χ2n) is 5.12. The molecule has 0 aliphatic rings. The van der Waals surface area contributed by atoms with Crippen molar-refractivity contribution in [1.82, 2.24) is 40.1 Å². The molecule has 0 saturated carbocycles. The van der Waals surface area contributed by atoms with Gasteiger partial charge in [0.05, 0.1) is 5.69 Å². The van der Waals surface area contributed by atoms with Crippen molar-refractivity contribution in [3.63, 3.8) is 0 Å². The van der Waals surface area contributed by atoms with Crippen molar-refractivity contribution < 1.29 is 9.21 Å². The third-order valence-corrected chi connectivity index (χ3v) is 3.39. The summed E-state index contributed by atoms with van der Waals surface area (Å²) in [6.07, 6.45) is 6.10. The Hall–Kier alpha value is -4.02. The van der Waals surface area contributed by atoms with Crippen LogP contribution in [0.2, 0.25) is 0 Å². The van der Waals surface area contributed by atoms with Crippen LogP contribution in [0.1, 0.15) is 16.2 Å². The molecular weight excluding hydrogens is 338 g/mol. The van der Waals surface area contributed by atoms with Crippen LogP contribution in [0, 0.1) is 6.92 Å². The topological polar surface area (TPSA) is 137 Å². The third-order valence-electron chi connectivity index (χ3n) is 3.39. The summed E-state index contributed by atoms with van der Waals surface area (Å²) in [6, 6.07) is 5.37. The van der Waals surface area contributed by atoms with Gasteiger partial charge in [0.15, 0.2) is 0 Å². The molecule has 0 atom stereocenters. The zero-order chi connectivity index (χ0) is 17.9. The first kappa shape index (κ1) is 15.5. The number of anilines is 1. The molecule has 0 bridgehead atoms. The lowest BCUT2D eigenvalue weighted by atomic mass is 10.2. The van der Waals surface area contributed by atoms with Gasteiger partial charge < -0.3 is 4.42 Å². The van der Waals surface area contributed by atoms with Crippen molar-refractivity contribution in [2.24, 2.45) is 0 Å². The molecule has 1 amide bonds. The molecule has 0 spiro atoms. The zero-order valence-electron chi connectivity index (χ0n) is 13.4. The van der Waals surface area contributed by atoms with Gasteiger partial charge in [-0.15, -0.1) is 5.10 Å². The normalized spacial score (nSPS) is 10.7. The van der Waals surface area contributed by atoms with Crippen LogP contribution in [-0.2, 0) is 0 Å². The van der Waals surface area contributed by atoms with E-state index in [9.17, 15) is 4.79 Å². The summed E-state index contributed by atoms with van der Waals surface area (Å²) in [5.74, 6) is -0.557. The number of rotatable bonds is 4. The van der Waals surface area contributed by atoms with Crippen LogP contribution in [0.4, 0.5) is 6.01 Å². The van der Waals surface area contributed by atoms with Gasteiger partial charge in [0.1, 0.15) is 12.0 Å². The lowest BCUT2D eigenvalue weighted by Gasteiger charge is -2.01. The number of oxazole rings is 1. The predicted octanol–water partition coefficient (Wildman–Crippen LogP) is 1.06. The van der Waals surface area contributed by atoms with E-state index in [1.165, 1.54) is 18.7 Å². The average Bonchev–Trinajstić information content (AvgIpc) is 3.32. The average molecular weight is 349 g/mol. The lowest BCUT2D eigenvalue weighted by Crippen LogP contribution is -2.19. The summed E-state index contributed by atoms with van der Waals surface area (Å²) >= 11 is 0. The first-order valence-electron chi connectivity index (χ1n) is 7.47. The smallest absolute Gasteiger partial charge is 0.302 e. The first-order chi connectivity index (χ1) is 12.7.